The summed E-state index contributed by atoms with van der Waals surface area (Å²) in [6.07, 6.45) is 5.11. The molecule has 0 spiro atoms. The number of fused-ring (bicyclic) bond motifs is 1. The van der Waals surface area contributed by atoms with E-state index in [1.54, 1.807) is 11.8 Å². The second kappa shape index (κ2) is 3.05. The molecule has 0 amide bonds. The number of carbonyl (C=O) groups is 1. The normalized spacial score (nSPS) is 37.6. The van der Waals surface area contributed by atoms with E-state index in [2.05, 4.69) is 0 Å². The number of ether oxygens (including phenoxy) is 1. The minimum Gasteiger partial charge on any atom is -0.461 e. The molecule has 2 nitrogen and oxygen atoms in total. The van der Waals surface area contributed by atoms with Crippen molar-refractivity contribution >= 4 is 17.7 Å². The molecule has 2 rings (SSSR count). The fourth-order valence-electron chi connectivity index (χ4n) is 1.77. The summed E-state index contributed by atoms with van der Waals surface area (Å²) in [6.45, 7) is 0. The molecule has 1 saturated carbocycles. The van der Waals surface area contributed by atoms with E-state index < -0.39 is 0 Å². The van der Waals surface area contributed by atoms with Gasteiger partial charge >= 0.3 is 5.97 Å². The Balaban J connectivity index is 1.98. The monoisotopic (exact) mass is 172 g/mol. The predicted octanol–water partition coefficient (Wildman–Crippen LogP) is 1.59. The molecule has 11 heavy (non-hydrogen) atoms. The first-order chi connectivity index (χ1) is 5.36. The van der Waals surface area contributed by atoms with E-state index in [4.69, 9.17) is 4.74 Å². The zero-order valence-electron chi connectivity index (χ0n) is 6.41. The second-order valence-corrected chi connectivity index (χ2v) is 4.39. The summed E-state index contributed by atoms with van der Waals surface area (Å²) in [6, 6.07) is 0. The van der Waals surface area contributed by atoms with Crippen LogP contribution in [0.3, 0.4) is 0 Å². The zero-order chi connectivity index (χ0) is 7.68. The van der Waals surface area contributed by atoms with Crippen molar-refractivity contribution in [2.75, 3.05) is 5.75 Å². The summed E-state index contributed by atoms with van der Waals surface area (Å²) < 4.78 is 5.23. The number of hydrogen-bond donors (Lipinski definition) is 0. The Morgan fingerprint density at radius 1 is 1.36 bits per heavy atom. The molecule has 0 aromatic carbocycles. The molecule has 2 atom stereocenters. The Kier molecular flexibility index (Phi) is 2.07. The standard InChI is InChI=1S/C8H12O2S/c9-8-5-11-7-4-2-1-3-6(7)10-8/h6-7H,1-5H2/t6-,7-/m0/s1. The quantitative estimate of drug-likeness (QED) is 0.519. The van der Waals surface area contributed by atoms with Crippen LogP contribution in [0.5, 0.6) is 0 Å². The lowest BCUT2D eigenvalue weighted by Gasteiger charge is -2.33. The van der Waals surface area contributed by atoms with Gasteiger partial charge in [0.1, 0.15) is 6.10 Å². The van der Waals surface area contributed by atoms with E-state index >= 15 is 0 Å². The van der Waals surface area contributed by atoms with Gasteiger partial charge in [0.2, 0.25) is 0 Å². The first-order valence-electron chi connectivity index (χ1n) is 4.17. The molecule has 1 aliphatic heterocycles. The number of thioether (sulfide) groups is 1. The van der Waals surface area contributed by atoms with Crippen LogP contribution >= 0.6 is 11.8 Å². The Hall–Kier alpha value is -0.180. The average Bonchev–Trinajstić information content (AvgIpc) is 2.04. The van der Waals surface area contributed by atoms with Crippen LogP contribution in [0.4, 0.5) is 0 Å². The lowest BCUT2D eigenvalue weighted by molar-refractivity contribution is -0.147. The average molecular weight is 172 g/mol. The molecule has 0 aromatic heterocycles. The van der Waals surface area contributed by atoms with Gasteiger partial charge in [0.05, 0.1) is 5.75 Å². The second-order valence-electron chi connectivity index (χ2n) is 3.16. The summed E-state index contributed by atoms with van der Waals surface area (Å²) in [7, 11) is 0. The molecule has 0 aromatic rings. The molecule has 0 bridgehead atoms. The van der Waals surface area contributed by atoms with E-state index in [0.717, 1.165) is 6.42 Å². The van der Waals surface area contributed by atoms with Crippen LogP contribution in [0.25, 0.3) is 0 Å². The molecular weight excluding hydrogens is 160 g/mol. The van der Waals surface area contributed by atoms with Crippen molar-refractivity contribution in [1.29, 1.82) is 0 Å². The topological polar surface area (TPSA) is 26.3 Å². The van der Waals surface area contributed by atoms with Crippen molar-refractivity contribution < 1.29 is 9.53 Å². The van der Waals surface area contributed by atoms with Gasteiger partial charge in [-0.05, 0) is 19.3 Å². The summed E-state index contributed by atoms with van der Waals surface area (Å²) >= 11 is 1.78. The Morgan fingerprint density at radius 3 is 3.09 bits per heavy atom. The van der Waals surface area contributed by atoms with Crippen molar-refractivity contribution in [1.82, 2.24) is 0 Å². The van der Waals surface area contributed by atoms with E-state index in [1.165, 1.54) is 19.3 Å². The summed E-state index contributed by atoms with van der Waals surface area (Å²) in [5.41, 5.74) is 0. The van der Waals surface area contributed by atoms with Crippen LogP contribution in [-0.2, 0) is 9.53 Å². The van der Waals surface area contributed by atoms with Gasteiger partial charge in [-0.25, -0.2) is 0 Å². The molecule has 2 aliphatic rings. The Labute approximate surface area is 70.7 Å². The van der Waals surface area contributed by atoms with Crippen LogP contribution in [0.1, 0.15) is 25.7 Å². The third kappa shape index (κ3) is 1.53. The molecule has 62 valence electrons. The van der Waals surface area contributed by atoms with E-state index in [-0.39, 0.29) is 12.1 Å². The molecule has 0 N–H and O–H groups in total. The molecule has 0 radical (unpaired) electrons. The molecule has 1 heterocycles. The summed E-state index contributed by atoms with van der Waals surface area (Å²) in [4.78, 5) is 10.9. The van der Waals surface area contributed by atoms with Crippen molar-refractivity contribution in [2.24, 2.45) is 0 Å². The van der Waals surface area contributed by atoms with Gasteiger partial charge in [-0.3, -0.25) is 4.79 Å². The van der Waals surface area contributed by atoms with E-state index in [0.29, 0.717) is 11.0 Å². The van der Waals surface area contributed by atoms with Gasteiger partial charge in [-0.1, -0.05) is 6.42 Å². The summed E-state index contributed by atoms with van der Waals surface area (Å²) in [5, 5.41) is 0.612. The predicted molar refractivity (Wildman–Crippen MR) is 44.6 cm³/mol. The molecule has 1 saturated heterocycles. The maximum atomic E-state index is 10.9. The highest BCUT2D eigenvalue weighted by molar-refractivity contribution is 8.00. The molecule has 2 fully saturated rings. The highest BCUT2D eigenvalue weighted by Crippen LogP contribution is 2.33. The number of rotatable bonds is 0. The lowest BCUT2D eigenvalue weighted by atomic mass is 9.97. The van der Waals surface area contributed by atoms with Gasteiger partial charge in [0.15, 0.2) is 0 Å². The van der Waals surface area contributed by atoms with E-state index in [9.17, 15) is 4.79 Å². The lowest BCUT2D eigenvalue weighted by Crippen LogP contribution is -2.37. The third-order valence-electron chi connectivity index (χ3n) is 2.34. The van der Waals surface area contributed by atoms with Crippen molar-refractivity contribution in [2.45, 2.75) is 37.0 Å². The van der Waals surface area contributed by atoms with Crippen molar-refractivity contribution in [3.8, 4) is 0 Å². The minimum atomic E-state index is -0.0156. The van der Waals surface area contributed by atoms with Crippen LogP contribution < -0.4 is 0 Å². The van der Waals surface area contributed by atoms with Gasteiger partial charge in [-0.15, -0.1) is 11.8 Å². The SMILES string of the molecule is O=C1CS[C@H]2CCCC[C@@H]2O1. The fourth-order valence-corrected chi connectivity index (χ4v) is 2.92. The van der Waals surface area contributed by atoms with Crippen LogP contribution in [0.15, 0.2) is 0 Å². The largest absolute Gasteiger partial charge is 0.461 e. The van der Waals surface area contributed by atoms with E-state index in [1.807, 2.05) is 0 Å². The fraction of sp³-hybridized carbons (Fsp3) is 0.875. The smallest absolute Gasteiger partial charge is 0.316 e. The van der Waals surface area contributed by atoms with Gasteiger partial charge in [-0.2, -0.15) is 0 Å². The van der Waals surface area contributed by atoms with Crippen LogP contribution in [0.2, 0.25) is 0 Å². The highest BCUT2D eigenvalue weighted by Gasteiger charge is 2.32. The molecular formula is C8H12O2S. The number of carbonyl (C=O) groups excluding carboxylic acids is 1. The molecule has 0 unspecified atom stereocenters. The third-order valence-corrected chi connectivity index (χ3v) is 3.71. The zero-order valence-corrected chi connectivity index (χ0v) is 7.23. The number of esters is 1. The molecule has 1 aliphatic carbocycles. The Morgan fingerprint density at radius 2 is 2.18 bits per heavy atom. The van der Waals surface area contributed by atoms with Gasteiger partial charge < -0.3 is 4.74 Å². The highest BCUT2D eigenvalue weighted by atomic mass is 32.2. The number of hydrogen-bond acceptors (Lipinski definition) is 3. The maximum absolute atomic E-state index is 10.9. The Bertz CT molecular complexity index is 169. The van der Waals surface area contributed by atoms with Crippen molar-refractivity contribution in [3.05, 3.63) is 0 Å². The van der Waals surface area contributed by atoms with Crippen molar-refractivity contribution in [3.63, 3.8) is 0 Å². The molecule has 3 heteroatoms. The maximum Gasteiger partial charge on any atom is 0.316 e. The van der Waals surface area contributed by atoms with Gasteiger partial charge in [0.25, 0.3) is 0 Å². The van der Waals surface area contributed by atoms with Gasteiger partial charge in [0, 0.05) is 5.25 Å². The first-order valence-corrected chi connectivity index (χ1v) is 5.22. The minimum absolute atomic E-state index is 0.0156. The van der Waals surface area contributed by atoms with Crippen LogP contribution in [0, 0.1) is 0 Å². The first kappa shape index (κ1) is 7.47. The van der Waals surface area contributed by atoms with Crippen LogP contribution in [-0.4, -0.2) is 23.1 Å². The summed E-state index contributed by atoms with van der Waals surface area (Å²) in [5.74, 6) is 0.555.